The monoisotopic (exact) mass is 358 g/mol. The third-order valence-electron chi connectivity index (χ3n) is 4.15. The molecule has 0 spiro atoms. The maximum Gasteiger partial charge on any atom is 0.254 e. The van der Waals surface area contributed by atoms with Crippen molar-refractivity contribution in [3.8, 4) is 0 Å². The van der Waals surface area contributed by atoms with Crippen molar-refractivity contribution in [2.24, 2.45) is 5.92 Å². The van der Waals surface area contributed by atoms with Gasteiger partial charge in [-0.2, -0.15) is 4.31 Å². The first-order valence-corrected chi connectivity index (χ1v) is 9.36. The number of nitrogens with zero attached hydrogens (tertiary/aromatic N) is 1. The van der Waals surface area contributed by atoms with Crippen molar-refractivity contribution in [1.29, 1.82) is 0 Å². The molecule has 134 valence electrons. The molecule has 1 atom stereocenters. The van der Waals surface area contributed by atoms with Crippen LogP contribution in [-0.4, -0.2) is 51.0 Å². The van der Waals surface area contributed by atoms with Crippen molar-refractivity contribution >= 4 is 15.9 Å². The van der Waals surface area contributed by atoms with Crippen LogP contribution in [-0.2, 0) is 14.8 Å². The van der Waals surface area contributed by atoms with E-state index in [-0.39, 0.29) is 35.5 Å². The summed E-state index contributed by atoms with van der Waals surface area (Å²) in [7, 11) is -3.77. The Bertz CT molecular complexity index is 700. The number of carbonyl (C=O) groups excluding carboxylic acids is 1. The summed E-state index contributed by atoms with van der Waals surface area (Å²) in [5.41, 5.74) is -0.267. The number of amides is 1. The van der Waals surface area contributed by atoms with E-state index in [2.05, 4.69) is 5.32 Å². The number of rotatable bonds is 5. The summed E-state index contributed by atoms with van der Waals surface area (Å²) in [4.78, 5) is 12.2. The predicted molar refractivity (Wildman–Crippen MR) is 87.7 cm³/mol. The van der Waals surface area contributed by atoms with Gasteiger partial charge in [-0.15, -0.1) is 0 Å². The number of nitrogens with one attached hydrogen (secondary N) is 1. The molecule has 1 aromatic carbocycles. The first kappa shape index (κ1) is 18.8. The van der Waals surface area contributed by atoms with Gasteiger partial charge in [0.05, 0.1) is 23.7 Å². The van der Waals surface area contributed by atoms with E-state index in [1.165, 1.54) is 10.4 Å². The van der Waals surface area contributed by atoms with Gasteiger partial charge >= 0.3 is 0 Å². The molecule has 1 saturated heterocycles. The number of ether oxygens (including phenoxy) is 1. The molecule has 24 heavy (non-hydrogen) atoms. The highest BCUT2D eigenvalue weighted by molar-refractivity contribution is 7.89. The molecule has 1 aliphatic rings. The zero-order chi connectivity index (χ0) is 17.9. The molecule has 0 aliphatic carbocycles. The maximum atomic E-state index is 14.0. The minimum Gasteiger partial charge on any atom is -0.379 e. The summed E-state index contributed by atoms with van der Waals surface area (Å²) in [6, 6.07) is 3.14. The fourth-order valence-corrected chi connectivity index (χ4v) is 3.66. The van der Waals surface area contributed by atoms with Gasteiger partial charge in [-0.1, -0.05) is 13.8 Å². The first-order valence-electron chi connectivity index (χ1n) is 7.92. The van der Waals surface area contributed by atoms with Gasteiger partial charge in [0.1, 0.15) is 5.82 Å². The van der Waals surface area contributed by atoms with E-state index >= 15 is 0 Å². The number of benzene rings is 1. The maximum absolute atomic E-state index is 14.0. The number of hydrogen-bond acceptors (Lipinski definition) is 4. The summed E-state index contributed by atoms with van der Waals surface area (Å²) < 4.78 is 45.7. The Hall–Kier alpha value is -1.51. The lowest BCUT2D eigenvalue weighted by atomic mass is 10.1. The highest BCUT2D eigenvalue weighted by Gasteiger charge is 2.28. The van der Waals surface area contributed by atoms with Gasteiger partial charge in [0, 0.05) is 19.1 Å². The smallest absolute Gasteiger partial charge is 0.254 e. The molecule has 2 rings (SSSR count). The summed E-state index contributed by atoms with van der Waals surface area (Å²) in [5.74, 6) is -1.19. The Morgan fingerprint density at radius 1 is 1.25 bits per heavy atom. The van der Waals surface area contributed by atoms with Gasteiger partial charge in [0.15, 0.2) is 0 Å². The molecule has 1 amide bonds. The van der Waals surface area contributed by atoms with Crippen LogP contribution >= 0.6 is 0 Å². The van der Waals surface area contributed by atoms with Gasteiger partial charge in [-0.25, -0.2) is 12.8 Å². The second-order valence-electron chi connectivity index (χ2n) is 6.16. The van der Waals surface area contributed by atoms with Crippen LogP contribution in [0.2, 0.25) is 0 Å². The quantitative estimate of drug-likeness (QED) is 0.868. The van der Waals surface area contributed by atoms with E-state index < -0.39 is 21.7 Å². The van der Waals surface area contributed by atoms with Crippen molar-refractivity contribution in [3.63, 3.8) is 0 Å². The number of sulfonamides is 1. The Morgan fingerprint density at radius 3 is 2.46 bits per heavy atom. The molecular weight excluding hydrogens is 335 g/mol. The van der Waals surface area contributed by atoms with Crippen molar-refractivity contribution in [2.75, 3.05) is 26.3 Å². The highest BCUT2D eigenvalue weighted by Crippen LogP contribution is 2.20. The van der Waals surface area contributed by atoms with E-state index in [4.69, 9.17) is 4.74 Å². The Morgan fingerprint density at radius 2 is 1.88 bits per heavy atom. The van der Waals surface area contributed by atoms with Crippen LogP contribution in [0.5, 0.6) is 0 Å². The molecule has 6 nitrogen and oxygen atoms in total. The SMILES string of the molecule is CC(C)C(C)NC(=O)c1cc(S(=O)(=O)N2CCOCC2)ccc1F. The molecule has 0 radical (unpaired) electrons. The lowest BCUT2D eigenvalue weighted by molar-refractivity contribution is 0.0730. The third-order valence-corrected chi connectivity index (χ3v) is 6.04. The molecule has 0 aromatic heterocycles. The molecule has 1 aliphatic heterocycles. The highest BCUT2D eigenvalue weighted by atomic mass is 32.2. The van der Waals surface area contributed by atoms with Crippen molar-refractivity contribution < 1.29 is 22.3 Å². The van der Waals surface area contributed by atoms with E-state index in [1.54, 1.807) is 0 Å². The first-order chi connectivity index (χ1) is 11.2. The number of carbonyl (C=O) groups is 1. The minimum atomic E-state index is -3.77. The van der Waals surface area contributed by atoms with Crippen LogP contribution in [0.4, 0.5) is 4.39 Å². The molecule has 0 saturated carbocycles. The average molecular weight is 358 g/mol. The van der Waals surface area contributed by atoms with Crippen LogP contribution in [0.3, 0.4) is 0 Å². The standard InChI is InChI=1S/C16H23FN2O4S/c1-11(2)12(3)18-16(20)14-10-13(4-5-15(14)17)24(21,22)19-6-8-23-9-7-19/h4-5,10-12H,6-9H2,1-3H3,(H,18,20). The van der Waals surface area contributed by atoms with Crippen LogP contribution < -0.4 is 5.32 Å². The van der Waals surface area contributed by atoms with Crippen LogP contribution in [0.15, 0.2) is 23.1 Å². The number of halogens is 1. The Kier molecular flexibility index (Phi) is 5.95. The van der Waals surface area contributed by atoms with E-state index in [0.717, 1.165) is 12.1 Å². The molecule has 8 heteroatoms. The fraction of sp³-hybridized carbons (Fsp3) is 0.562. The minimum absolute atomic E-state index is 0.0897. The molecule has 0 bridgehead atoms. The second-order valence-corrected chi connectivity index (χ2v) is 8.10. The molecular formula is C16H23FN2O4S. The number of morpholine rings is 1. The molecule has 1 N–H and O–H groups in total. The average Bonchev–Trinajstić information content (AvgIpc) is 2.55. The largest absolute Gasteiger partial charge is 0.379 e. The van der Waals surface area contributed by atoms with E-state index in [9.17, 15) is 17.6 Å². The van der Waals surface area contributed by atoms with E-state index in [1.807, 2.05) is 20.8 Å². The van der Waals surface area contributed by atoms with Crippen molar-refractivity contribution in [3.05, 3.63) is 29.6 Å². The fourth-order valence-electron chi connectivity index (χ4n) is 2.23. The van der Waals surface area contributed by atoms with Gasteiger partial charge in [-0.3, -0.25) is 4.79 Å². The normalized spacial score (nSPS) is 17.7. The second kappa shape index (κ2) is 7.58. The van der Waals surface area contributed by atoms with E-state index in [0.29, 0.717) is 13.2 Å². The van der Waals surface area contributed by atoms with Gasteiger partial charge in [-0.05, 0) is 31.0 Å². The Labute approximate surface area is 142 Å². The summed E-state index contributed by atoms with van der Waals surface area (Å²) in [5, 5.41) is 2.69. The topological polar surface area (TPSA) is 75.7 Å². The molecule has 1 unspecified atom stereocenters. The van der Waals surface area contributed by atoms with Crippen LogP contribution in [0, 0.1) is 11.7 Å². The van der Waals surface area contributed by atoms with Gasteiger partial charge in [0.25, 0.3) is 5.91 Å². The lowest BCUT2D eigenvalue weighted by Gasteiger charge is -2.26. The van der Waals surface area contributed by atoms with Gasteiger partial charge < -0.3 is 10.1 Å². The predicted octanol–water partition coefficient (Wildman–Crippen LogP) is 1.62. The zero-order valence-corrected chi connectivity index (χ0v) is 14.9. The Balaban J connectivity index is 2.29. The third kappa shape index (κ3) is 4.12. The number of hydrogen-bond donors (Lipinski definition) is 1. The summed E-state index contributed by atoms with van der Waals surface area (Å²) >= 11 is 0. The zero-order valence-electron chi connectivity index (χ0n) is 14.1. The van der Waals surface area contributed by atoms with Crippen molar-refractivity contribution in [2.45, 2.75) is 31.7 Å². The molecule has 1 heterocycles. The van der Waals surface area contributed by atoms with Crippen LogP contribution in [0.1, 0.15) is 31.1 Å². The lowest BCUT2D eigenvalue weighted by Crippen LogP contribution is -2.41. The summed E-state index contributed by atoms with van der Waals surface area (Å²) in [6.07, 6.45) is 0. The van der Waals surface area contributed by atoms with Crippen molar-refractivity contribution in [1.82, 2.24) is 9.62 Å². The summed E-state index contributed by atoms with van der Waals surface area (Å²) in [6.45, 7) is 6.80. The van der Waals surface area contributed by atoms with Gasteiger partial charge in [0.2, 0.25) is 10.0 Å². The molecule has 1 fully saturated rings. The molecule has 1 aromatic rings. The van der Waals surface area contributed by atoms with Crippen LogP contribution in [0.25, 0.3) is 0 Å².